The topological polar surface area (TPSA) is 397 Å². The minimum absolute atomic E-state index is 0. The number of rotatable bonds is 0. The van der Waals surface area contributed by atoms with Gasteiger partial charge in [-0.1, -0.05) is 0 Å². The molecule has 0 unspecified atom stereocenters. The molecule has 0 bridgehead atoms. The largest absolute Gasteiger partial charge is 3.00 e. The number of hydrogen-bond donors (Lipinski definition) is 0. The predicted octanol–water partition coefficient (Wildman–Crippen LogP) is -2.20. The number of nitrogens with zero attached hydrogens (tertiary/aromatic N) is 6. The van der Waals surface area contributed by atoms with E-state index in [1.165, 1.54) is 0 Å². The van der Waals surface area contributed by atoms with Gasteiger partial charge in [0.05, 0.1) is 30.5 Å². The van der Waals surface area contributed by atoms with Crippen molar-refractivity contribution >= 4 is 37.2 Å². The van der Waals surface area contributed by atoms with Crippen LogP contribution in [0, 0.1) is 91.9 Å². The first-order valence-electron chi connectivity index (χ1n) is 3.29. The molecule has 0 aliphatic heterocycles. The Morgan fingerprint density at radius 3 is 0.308 bits per heavy atom. The van der Waals surface area contributed by atoms with Crippen molar-refractivity contribution in [3.05, 3.63) is 91.9 Å². The summed E-state index contributed by atoms with van der Waals surface area (Å²) in [5, 5.41) is 88.5. The quantitative estimate of drug-likeness (QED) is 0.206. The van der Waals surface area contributed by atoms with E-state index in [-0.39, 0.29) is 37.2 Å². The first-order chi connectivity index (χ1) is 10.4. The zero-order chi connectivity index (χ0) is 21.5. The van der Waals surface area contributed by atoms with Crippen LogP contribution >= 0.6 is 0 Å². The molecule has 0 saturated heterocycles. The molecule has 0 heterocycles. The molecule has 144 valence electrons. The van der Waals surface area contributed by atoms with Gasteiger partial charge in [-0.3, -0.25) is 0 Å². The van der Waals surface area contributed by atoms with Gasteiger partial charge in [-0.15, -0.1) is 0 Å². The van der Waals surface area contributed by atoms with Gasteiger partial charge in [-0.25, -0.2) is 0 Å². The molecular formula is AlGaN6O18. The van der Waals surface area contributed by atoms with Crippen molar-refractivity contribution in [3.63, 3.8) is 0 Å². The van der Waals surface area contributed by atoms with Crippen molar-refractivity contribution in [1.29, 1.82) is 0 Å². The van der Waals surface area contributed by atoms with Gasteiger partial charge in [0.15, 0.2) is 0 Å². The maximum absolute atomic E-state index is 8.25. The van der Waals surface area contributed by atoms with Gasteiger partial charge in [0.1, 0.15) is 0 Å². The van der Waals surface area contributed by atoms with Crippen LogP contribution in [0.25, 0.3) is 0 Å². The van der Waals surface area contributed by atoms with Crippen molar-refractivity contribution in [1.82, 2.24) is 0 Å². The monoisotopic (exact) mass is 468 g/mol. The van der Waals surface area contributed by atoms with Gasteiger partial charge in [-0.05, 0) is 0 Å². The molecule has 26 heteroatoms. The van der Waals surface area contributed by atoms with Gasteiger partial charge in [0, 0.05) is 0 Å². The van der Waals surface area contributed by atoms with Crippen LogP contribution in [-0.2, 0) is 0 Å². The van der Waals surface area contributed by atoms with E-state index in [0.29, 0.717) is 0 Å². The van der Waals surface area contributed by atoms with Gasteiger partial charge in [0.2, 0.25) is 0 Å². The summed E-state index contributed by atoms with van der Waals surface area (Å²) in [5.74, 6) is 0. The van der Waals surface area contributed by atoms with Gasteiger partial charge in [0.25, 0.3) is 0 Å². The molecule has 0 aliphatic carbocycles. The Bertz CT molecular complexity index is 263. The minimum atomic E-state index is -1.75. The first-order valence-corrected chi connectivity index (χ1v) is 3.29. The molecular weight excluding hydrogens is 469 g/mol. The van der Waals surface area contributed by atoms with Crippen LogP contribution in [0.2, 0.25) is 0 Å². The second-order valence-corrected chi connectivity index (χ2v) is 1.34. The molecule has 0 aromatic rings. The summed E-state index contributed by atoms with van der Waals surface area (Å²) in [5.41, 5.74) is 0. The van der Waals surface area contributed by atoms with Crippen LogP contribution in [0.15, 0.2) is 0 Å². The average Bonchev–Trinajstić information content (AvgIpc) is 2.08. The van der Waals surface area contributed by atoms with Crippen LogP contribution in [-0.4, -0.2) is 67.7 Å². The van der Waals surface area contributed by atoms with E-state index < -0.39 is 30.5 Å². The zero-order valence-electron chi connectivity index (χ0n) is 11.2. The molecule has 0 aromatic heterocycles. The smallest absolute Gasteiger partial charge is 0.356 e. The van der Waals surface area contributed by atoms with Crippen LogP contribution in [0.4, 0.5) is 0 Å². The molecule has 0 radical (unpaired) electrons. The fourth-order valence-electron chi connectivity index (χ4n) is 0. The van der Waals surface area contributed by atoms with Crippen LogP contribution in [0.3, 0.4) is 0 Å². The maximum Gasteiger partial charge on any atom is 3.00 e. The summed E-state index contributed by atoms with van der Waals surface area (Å²) < 4.78 is 0. The summed E-state index contributed by atoms with van der Waals surface area (Å²) in [6, 6.07) is 0. The van der Waals surface area contributed by atoms with Crippen molar-refractivity contribution in [2.24, 2.45) is 0 Å². The van der Waals surface area contributed by atoms with E-state index >= 15 is 0 Å². The Balaban J connectivity index is -0.0000000245. The van der Waals surface area contributed by atoms with Crippen LogP contribution in [0.5, 0.6) is 0 Å². The fourth-order valence-corrected chi connectivity index (χ4v) is 0. The SMILES string of the molecule is O=[N+]([O-])[O-].O=[N+]([O-])[O-].O=[N+]([O-])[O-].O=[N+]([O-])[O-].O=[N+]([O-])[O-].O=[N+]([O-])[O-].[Al+3].[Ga+3]. The Morgan fingerprint density at radius 1 is 0.308 bits per heavy atom. The van der Waals surface area contributed by atoms with Gasteiger partial charge >= 0.3 is 37.2 Å². The summed E-state index contributed by atoms with van der Waals surface area (Å²) in [6.07, 6.45) is 0. The Kier molecular flexibility index (Phi) is 81.7. The van der Waals surface area contributed by atoms with E-state index in [1.54, 1.807) is 0 Å². The normalized spacial score (nSPS) is 5.54. The third-order valence-corrected chi connectivity index (χ3v) is 0. The minimum Gasteiger partial charge on any atom is -0.356 e. The van der Waals surface area contributed by atoms with Crippen molar-refractivity contribution < 1.29 is 30.5 Å². The molecule has 0 saturated carbocycles. The third-order valence-electron chi connectivity index (χ3n) is 0. The van der Waals surface area contributed by atoms with E-state index in [1.807, 2.05) is 0 Å². The van der Waals surface area contributed by atoms with Crippen molar-refractivity contribution in [2.75, 3.05) is 0 Å². The van der Waals surface area contributed by atoms with Crippen LogP contribution in [0.1, 0.15) is 0 Å². The molecule has 0 aromatic carbocycles. The van der Waals surface area contributed by atoms with Crippen LogP contribution < -0.4 is 0 Å². The predicted molar refractivity (Wildman–Crippen MR) is 73.7 cm³/mol. The molecule has 0 fully saturated rings. The van der Waals surface area contributed by atoms with Gasteiger partial charge in [-0.2, -0.15) is 0 Å². The van der Waals surface area contributed by atoms with E-state index in [9.17, 15) is 0 Å². The summed E-state index contributed by atoms with van der Waals surface area (Å²) in [6.45, 7) is 0. The summed E-state index contributed by atoms with van der Waals surface area (Å²) in [7, 11) is 0. The molecule has 0 rings (SSSR count). The van der Waals surface area contributed by atoms with Crippen molar-refractivity contribution in [2.45, 2.75) is 0 Å². The molecule has 0 atom stereocenters. The second kappa shape index (κ2) is 42.9. The summed E-state index contributed by atoms with van der Waals surface area (Å²) >= 11 is 0. The summed E-state index contributed by atoms with van der Waals surface area (Å²) in [4.78, 5) is 49.5. The molecule has 0 amide bonds. The molecule has 0 N–H and O–H groups in total. The number of hydrogen-bond acceptors (Lipinski definition) is 18. The first kappa shape index (κ1) is 49.5. The molecule has 26 heavy (non-hydrogen) atoms. The third kappa shape index (κ3) is 580. The Morgan fingerprint density at radius 2 is 0.308 bits per heavy atom. The average molecular weight is 469 g/mol. The fraction of sp³-hybridized carbons (Fsp3) is 0. The molecule has 24 nitrogen and oxygen atoms in total. The maximum atomic E-state index is 8.25. The zero-order valence-corrected chi connectivity index (χ0v) is 14.8. The van der Waals surface area contributed by atoms with E-state index in [4.69, 9.17) is 91.9 Å². The molecule has 0 aliphatic rings. The van der Waals surface area contributed by atoms with E-state index in [0.717, 1.165) is 0 Å². The molecule has 0 spiro atoms. The second-order valence-electron chi connectivity index (χ2n) is 1.34. The standard InChI is InChI=1S/Al.Ga.6NO3/c;;6*2-1(3)4/q2*+3;6*-1. The van der Waals surface area contributed by atoms with E-state index in [2.05, 4.69) is 0 Å². The van der Waals surface area contributed by atoms with Crippen molar-refractivity contribution in [3.8, 4) is 0 Å². The Labute approximate surface area is 160 Å². The van der Waals surface area contributed by atoms with Gasteiger partial charge < -0.3 is 91.9 Å². The Hall–Kier alpha value is -3.63.